The molecule has 0 aromatic heterocycles. The monoisotopic (exact) mass is 282 g/mol. The lowest BCUT2D eigenvalue weighted by atomic mass is 10.1. The Labute approximate surface area is 113 Å². The van der Waals surface area contributed by atoms with Crippen molar-refractivity contribution in [2.24, 2.45) is 0 Å². The number of benzene rings is 1. The van der Waals surface area contributed by atoms with Crippen molar-refractivity contribution in [1.82, 2.24) is 9.62 Å². The van der Waals surface area contributed by atoms with E-state index in [0.29, 0.717) is 18.0 Å². The van der Waals surface area contributed by atoms with Gasteiger partial charge in [0, 0.05) is 26.1 Å². The van der Waals surface area contributed by atoms with E-state index in [1.807, 2.05) is 19.9 Å². The van der Waals surface area contributed by atoms with E-state index in [1.165, 1.54) is 4.31 Å². The Balaban J connectivity index is 2.30. The Morgan fingerprint density at radius 3 is 2.58 bits per heavy atom. The fourth-order valence-corrected chi connectivity index (χ4v) is 3.54. The van der Waals surface area contributed by atoms with Gasteiger partial charge in [-0.3, -0.25) is 4.79 Å². The van der Waals surface area contributed by atoms with Crippen molar-refractivity contribution < 1.29 is 13.2 Å². The summed E-state index contributed by atoms with van der Waals surface area (Å²) in [5, 5.41) is 2.67. The highest BCUT2D eigenvalue weighted by Gasteiger charge is 2.26. The van der Waals surface area contributed by atoms with Crippen LogP contribution in [0.25, 0.3) is 0 Å². The van der Waals surface area contributed by atoms with Crippen LogP contribution >= 0.6 is 0 Å². The van der Waals surface area contributed by atoms with Gasteiger partial charge < -0.3 is 5.32 Å². The number of rotatable bonds is 2. The van der Waals surface area contributed by atoms with Crippen LogP contribution in [-0.4, -0.2) is 38.3 Å². The van der Waals surface area contributed by atoms with Crippen molar-refractivity contribution in [3.05, 3.63) is 29.3 Å². The number of carbonyl (C=O) groups excluding carboxylic acids is 1. The van der Waals surface area contributed by atoms with Crippen LogP contribution in [-0.2, 0) is 14.8 Å². The van der Waals surface area contributed by atoms with E-state index in [9.17, 15) is 13.2 Å². The molecule has 6 heteroatoms. The maximum Gasteiger partial charge on any atom is 0.243 e. The summed E-state index contributed by atoms with van der Waals surface area (Å²) in [6, 6.07) is 5.12. The third-order valence-corrected chi connectivity index (χ3v) is 5.28. The third kappa shape index (κ3) is 2.96. The fraction of sp³-hybridized carbons (Fsp3) is 0.462. The first kappa shape index (κ1) is 14.0. The van der Waals surface area contributed by atoms with Gasteiger partial charge >= 0.3 is 0 Å². The van der Waals surface area contributed by atoms with Crippen molar-refractivity contribution in [3.63, 3.8) is 0 Å². The number of carbonyl (C=O) groups is 1. The minimum absolute atomic E-state index is 0.0993. The molecule has 0 spiro atoms. The van der Waals surface area contributed by atoms with Crippen molar-refractivity contribution in [3.8, 4) is 0 Å². The number of amides is 1. The SMILES string of the molecule is Cc1ccc(S(=O)(=O)N2CCNC(=O)CC2)cc1C. The molecule has 1 heterocycles. The Morgan fingerprint density at radius 2 is 1.89 bits per heavy atom. The van der Waals surface area contributed by atoms with Crippen molar-refractivity contribution in [2.45, 2.75) is 25.2 Å². The zero-order chi connectivity index (χ0) is 14.0. The molecule has 5 nitrogen and oxygen atoms in total. The maximum absolute atomic E-state index is 12.5. The van der Waals surface area contributed by atoms with Crippen LogP contribution in [0.1, 0.15) is 17.5 Å². The third-order valence-electron chi connectivity index (χ3n) is 3.39. The molecule has 0 saturated carbocycles. The molecular weight excluding hydrogens is 264 g/mol. The summed E-state index contributed by atoms with van der Waals surface area (Å²) in [6.07, 6.45) is 0.212. The summed E-state index contributed by atoms with van der Waals surface area (Å²) in [4.78, 5) is 11.6. The molecule has 1 amide bonds. The summed E-state index contributed by atoms with van der Waals surface area (Å²) >= 11 is 0. The Hall–Kier alpha value is -1.40. The van der Waals surface area contributed by atoms with E-state index in [-0.39, 0.29) is 18.9 Å². The topological polar surface area (TPSA) is 66.5 Å². The van der Waals surface area contributed by atoms with Gasteiger partial charge in [-0.25, -0.2) is 8.42 Å². The predicted octanol–water partition coefficient (Wildman–Crippen LogP) is 0.814. The summed E-state index contributed by atoms with van der Waals surface area (Å²) in [5.74, 6) is -0.0993. The van der Waals surface area contributed by atoms with Crippen LogP contribution in [0, 0.1) is 13.8 Å². The number of nitrogens with zero attached hydrogens (tertiary/aromatic N) is 1. The first-order chi connectivity index (χ1) is 8.91. The zero-order valence-corrected chi connectivity index (χ0v) is 12.0. The molecule has 1 aliphatic rings. The number of hydrogen-bond donors (Lipinski definition) is 1. The molecule has 104 valence electrons. The highest BCUT2D eigenvalue weighted by atomic mass is 32.2. The standard InChI is InChI=1S/C13H18N2O3S/c1-10-3-4-12(9-11(10)2)19(17,18)15-7-5-13(16)14-6-8-15/h3-4,9H,5-8H2,1-2H3,(H,14,16). The van der Waals surface area contributed by atoms with Gasteiger partial charge in [0.15, 0.2) is 0 Å². The molecule has 1 aliphatic heterocycles. The molecule has 1 aromatic rings. The van der Waals surface area contributed by atoms with Crippen LogP contribution in [0.3, 0.4) is 0 Å². The average Bonchev–Trinajstić information content (AvgIpc) is 2.57. The van der Waals surface area contributed by atoms with Crippen LogP contribution in [0.15, 0.2) is 23.1 Å². The minimum Gasteiger partial charge on any atom is -0.355 e. The molecule has 0 unspecified atom stereocenters. The van der Waals surface area contributed by atoms with Gasteiger partial charge in [-0.15, -0.1) is 0 Å². The Bertz CT molecular complexity index is 596. The number of aryl methyl sites for hydroxylation is 2. The zero-order valence-electron chi connectivity index (χ0n) is 11.1. The van der Waals surface area contributed by atoms with Crippen LogP contribution in [0.4, 0.5) is 0 Å². The first-order valence-corrected chi connectivity index (χ1v) is 7.69. The molecule has 0 radical (unpaired) electrons. The quantitative estimate of drug-likeness (QED) is 0.873. The second kappa shape index (κ2) is 5.30. The van der Waals surface area contributed by atoms with E-state index >= 15 is 0 Å². The number of sulfonamides is 1. The Morgan fingerprint density at radius 1 is 1.16 bits per heavy atom. The minimum atomic E-state index is -3.51. The lowest BCUT2D eigenvalue weighted by Gasteiger charge is -2.19. The van der Waals surface area contributed by atoms with E-state index in [4.69, 9.17) is 0 Å². The second-order valence-electron chi connectivity index (χ2n) is 4.75. The van der Waals surface area contributed by atoms with Gasteiger partial charge in [-0.2, -0.15) is 4.31 Å². The van der Waals surface area contributed by atoms with Gasteiger partial charge in [0.25, 0.3) is 0 Å². The van der Waals surface area contributed by atoms with Crippen LogP contribution < -0.4 is 5.32 Å². The molecule has 0 aliphatic carbocycles. The maximum atomic E-state index is 12.5. The highest BCUT2D eigenvalue weighted by molar-refractivity contribution is 7.89. The van der Waals surface area contributed by atoms with Crippen LogP contribution in [0.5, 0.6) is 0 Å². The lowest BCUT2D eigenvalue weighted by molar-refractivity contribution is -0.120. The van der Waals surface area contributed by atoms with Crippen molar-refractivity contribution in [1.29, 1.82) is 0 Å². The summed E-state index contributed by atoms with van der Waals surface area (Å²) in [7, 11) is -3.51. The summed E-state index contributed by atoms with van der Waals surface area (Å²) < 4.78 is 26.4. The molecule has 1 N–H and O–H groups in total. The van der Waals surface area contributed by atoms with Gasteiger partial charge in [-0.1, -0.05) is 6.07 Å². The molecular formula is C13H18N2O3S. The van der Waals surface area contributed by atoms with E-state index in [2.05, 4.69) is 5.32 Å². The largest absolute Gasteiger partial charge is 0.355 e. The smallest absolute Gasteiger partial charge is 0.243 e. The molecule has 19 heavy (non-hydrogen) atoms. The number of hydrogen-bond acceptors (Lipinski definition) is 3. The average molecular weight is 282 g/mol. The molecule has 1 aromatic carbocycles. The van der Waals surface area contributed by atoms with Crippen LogP contribution in [0.2, 0.25) is 0 Å². The Kier molecular flexibility index (Phi) is 3.91. The molecule has 1 saturated heterocycles. The van der Waals surface area contributed by atoms with Gasteiger partial charge in [-0.05, 0) is 37.1 Å². The lowest BCUT2D eigenvalue weighted by Crippen LogP contribution is -2.34. The summed E-state index contributed by atoms with van der Waals surface area (Å²) in [6.45, 7) is 4.76. The molecule has 0 atom stereocenters. The highest BCUT2D eigenvalue weighted by Crippen LogP contribution is 2.19. The molecule has 1 fully saturated rings. The van der Waals surface area contributed by atoms with Gasteiger partial charge in [0.2, 0.25) is 15.9 Å². The van der Waals surface area contributed by atoms with E-state index < -0.39 is 10.0 Å². The van der Waals surface area contributed by atoms with Gasteiger partial charge in [0.05, 0.1) is 4.90 Å². The van der Waals surface area contributed by atoms with E-state index in [1.54, 1.807) is 12.1 Å². The second-order valence-corrected chi connectivity index (χ2v) is 6.69. The fourth-order valence-electron chi connectivity index (χ4n) is 2.01. The predicted molar refractivity (Wildman–Crippen MR) is 72.3 cm³/mol. The first-order valence-electron chi connectivity index (χ1n) is 6.25. The number of nitrogens with one attached hydrogen (secondary N) is 1. The van der Waals surface area contributed by atoms with Gasteiger partial charge in [0.1, 0.15) is 0 Å². The van der Waals surface area contributed by atoms with E-state index in [0.717, 1.165) is 11.1 Å². The van der Waals surface area contributed by atoms with Crippen molar-refractivity contribution >= 4 is 15.9 Å². The normalized spacial score (nSPS) is 17.9. The molecule has 0 bridgehead atoms. The molecule has 2 rings (SSSR count). The van der Waals surface area contributed by atoms with Crippen molar-refractivity contribution in [2.75, 3.05) is 19.6 Å². The summed E-state index contributed by atoms with van der Waals surface area (Å²) in [5.41, 5.74) is 2.01.